The van der Waals surface area contributed by atoms with Gasteiger partial charge in [0.15, 0.2) is 12.2 Å². The van der Waals surface area contributed by atoms with Crippen molar-refractivity contribution in [3.63, 3.8) is 0 Å². The van der Waals surface area contributed by atoms with Crippen LogP contribution in [0.3, 0.4) is 0 Å². The van der Waals surface area contributed by atoms with E-state index in [-0.39, 0.29) is 25.4 Å². The van der Waals surface area contributed by atoms with Gasteiger partial charge in [-0.2, -0.15) is 0 Å². The molecular weight excluding hydrogens is 344 g/mol. The van der Waals surface area contributed by atoms with Crippen molar-refractivity contribution in [2.24, 2.45) is 0 Å². The Labute approximate surface area is 155 Å². The molecule has 0 radical (unpaired) electrons. The summed E-state index contributed by atoms with van der Waals surface area (Å²) in [5.41, 5.74) is 0. The summed E-state index contributed by atoms with van der Waals surface area (Å²) in [5, 5.41) is 37.5. The van der Waals surface area contributed by atoms with Gasteiger partial charge in [0, 0.05) is 0 Å². The van der Waals surface area contributed by atoms with Crippen molar-refractivity contribution < 1.29 is 39.5 Å². The summed E-state index contributed by atoms with van der Waals surface area (Å²) in [4.78, 5) is 23.2. The van der Waals surface area contributed by atoms with E-state index in [1.807, 2.05) is 0 Å². The van der Waals surface area contributed by atoms with E-state index in [2.05, 4.69) is 0 Å². The van der Waals surface area contributed by atoms with Crippen LogP contribution in [0.2, 0.25) is 0 Å². The van der Waals surface area contributed by atoms with Gasteiger partial charge in [-0.05, 0) is 52.4 Å². The van der Waals surface area contributed by atoms with E-state index in [9.17, 15) is 19.8 Å². The predicted octanol–water partition coefficient (Wildman–Crippen LogP) is 0.677. The standard InChI is InChI=1S/C18H34O8/c1-13(19)9-5-3-7-11-25-17(23)15(21)16(22)18(24)26-12-8-4-6-10-14(2)20/h13-16,19-22H,3-12H2,1-2H3. The van der Waals surface area contributed by atoms with Crippen LogP contribution in [0.5, 0.6) is 0 Å². The molecule has 8 heteroatoms. The topological polar surface area (TPSA) is 134 Å². The zero-order valence-corrected chi connectivity index (χ0v) is 15.8. The lowest BCUT2D eigenvalue weighted by molar-refractivity contribution is -0.173. The molecule has 0 amide bonds. The van der Waals surface area contributed by atoms with Gasteiger partial charge in [-0.1, -0.05) is 12.8 Å². The van der Waals surface area contributed by atoms with Gasteiger partial charge in [0.05, 0.1) is 25.4 Å². The minimum atomic E-state index is -1.98. The smallest absolute Gasteiger partial charge is 0.338 e. The molecule has 0 rings (SSSR count). The van der Waals surface area contributed by atoms with Crippen molar-refractivity contribution in [1.29, 1.82) is 0 Å². The minimum absolute atomic E-state index is 0.0702. The van der Waals surface area contributed by atoms with Crippen molar-refractivity contribution in [1.82, 2.24) is 0 Å². The van der Waals surface area contributed by atoms with Gasteiger partial charge in [0.2, 0.25) is 0 Å². The molecule has 154 valence electrons. The molecule has 0 spiro atoms. The molecule has 0 aliphatic heterocycles. The molecule has 4 atom stereocenters. The molecule has 0 saturated heterocycles. The highest BCUT2D eigenvalue weighted by Crippen LogP contribution is 2.07. The second-order valence-corrected chi connectivity index (χ2v) is 6.62. The molecule has 0 aromatic heterocycles. The van der Waals surface area contributed by atoms with Crippen molar-refractivity contribution >= 4 is 11.9 Å². The maximum absolute atomic E-state index is 11.6. The molecule has 0 aromatic carbocycles. The summed E-state index contributed by atoms with van der Waals surface area (Å²) in [7, 11) is 0. The van der Waals surface area contributed by atoms with Crippen molar-refractivity contribution in [2.75, 3.05) is 13.2 Å². The fraction of sp³-hybridized carbons (Fsp3) is 0.889. The van der Waals surface area contributed by atoms with Gasteiger partial charge in [-0.25, -0.2) is 9.59 Å². The Morgan fingerprint density at radius 3 is 1.31 bits per heavy atom. The molecule has 0 aliphatic carbocycles. The molecule has 0 heterocycles. The van der Waals surface area contributed by atoms with Gasteiger partial charge in [-0.15, -0.1) is 0 Å². The van der Waals surface area contributed by atoms with Crippen LogP contribution in [0.4, 0.5) is 0 Å². The number of esters is 2. The number of hydrogen-bond donors (Lipinski definition) is 4. The molecule has 0 fully saturated rings. The Kier molecular flexibility index (Phi) is 14.2. The third kappa shape index (κ3) is 13.0. The zero-order chi connectivity index (χ0) is 19.9. The second-order valence-electron chi connectivity index (χ2n) is 6.62. The quantitative estimate of drug-likeness (QED) is 0.241. The van der Waals surface area contributed by atoms with Crippen molar-refractivity contribution in [3.8, 4) is 0 Å². The third-order valence-corrected chi connectivity index (χ3v) is 3.80. The van der Waals surface area contributed by atoms with Crippen LogP contribution in [-0.4, -0.2) is 70.0 Å². The molecule has 0 saturated carbocycles. The van der Waals surface area contributed by atoms with Crippen LogP contribution in [0.25, 0.3) is 0 Å². The molecule has 4 N–H and O–H groups in total. The van der Waals surface area contributed by atoms with Gasteiger partial charge >= 0.3 is 11.9 Å². The van der Waals surface area contributed by atoms with Crippen LogP contribution >= 0.6 is 0 Å². The first kappa shape index (κ1) is 24.8. The first-order valence-corrected chi connectivity index (χ1v) is 9.31. The summed E-state index contributed by atoms with van der Waals surface area (Å²) in [6.45, 7) is 3.54. The summed E-state index contributed by atoms with van der Waals surface area (Å²) in [6, 6.07) is 0. The van der Waals surface area contributed by atoms with E-state index in [0.29, 0.717) is 25.7 Å². The average Bonchev–Trinajstić information content (AvgIpc) is 2.58. The number of aliphatic hydroxyl groups excluding tert-OH is 4. The largest absolute Gasteiger partial charge is 0.464 e. The highest BCUT2D eigenvalue weighted by Gasteiger charge is 2.32. The van der Waals surface area contributed by atoms with E-state index in [0.717, 1.165) is 25.7 Å². The fourth-order valence-electron chi connectivity index (χ4n) is 2.21. The Morgan fingerprint density at radius 2 is 1.00 bits per heavy atom. The number of carbonyl (C=O) groups is 2. The Balaban J connectivity index is 3.84. The Bertz CT molecular complexity index is 347. The van der Waals surface area contributed by atoms with E-state index in [1.54, 1.807) is 13.8 Å². The first-order valence-electron chi connectivity index (χ1n) is 9.31. The van der Waals surface area contributed by atoms with Crippen LogP contribution in [0.1, 0.15) is 65.2 Å². The number of ether oxygens (including phenoxy) is 2. The van der Waals surface area contributed by atoms with Crippen molar-refractivity contribution in [2.45, 2.75) is 89.6 Å². The van der Waals surface area contributed by atoms with Crippen LogP contribution < -0.4 is 0 Å². The minimum Gasteiger partial charge on any atom is -0.464 e. The fourth-order valence-corrected chi connectivity index (χ4v) is 2.21. The highest BCUT2D eigenvalue weighted by molar-refractivity contribution is 5.85. The lowest BCUT2D eigenvalue weighted by Gasteiger charge is -2.16. The molecule has 4 unspecified atom stereocenters. The summed E-state index contributed by atoms with van der Waals surface area (Å²) >= 11 is 0. The van der Waals surface area contributed by atoms with Crippen LogP contribution in [0, 0.1) is 0 Å². The summed E-state index contributed by atoms with van der Waals surface area (Å²) < 4.78 is 9.64. The molecule has 26 heavy (non-hydrogen) atoms. The normalized spacial score (nSPS) is 15.8. The number of carbonyl (C=O) groups excluding carboxylic acids is 2. The summed E-state index contributed by atoms with van der Waals surface area (Å²) in [6.07, 6.45) is 0.898. The molecule has 0 bridgehead atoms. The second kappa shape index (κ2) is 14.9. The van der Waals surface area contributed by atoms with Crippen LogP contribution in [-0.2, 0) is 19.1 Å². The predicted molar refractivity (Wildman–Crippen MR) is 94.2 cm³/mol. The molecule has 8 nitrogen and oxygen atoms in total. The van der Waals surface area contributed by atoms with Gasteiger partial charge < -0.3 is 29.9 Å². The lowest BCUT2D eigenvalue weighted by atomic mass is 10.1. The molecule has 0 aliphatic rings. The van der Waals surface area contributed by atoms with Crippen LogP contribution in [0.15, 0.2) is 0 Å². The maximum atomic E-state index is 11.6. The Hall–Kier alpha value is -1.22. The van der Waals surface area contributed by atoms with Gasteiger partial charge in [-0.3, -0.25) is 0 Å². The SMILES string of the molecule is CC(O)CCCCCOC(=O)C(O)C(O)C(=O)OCCCCCC(C)O. The Morgan fingerprint density at radius 1 is 0.654 bits per heavy atom. The monoisotopic (exact) mass is 378 g/mol. The number of unbranched alkanes of at least 4 members (excludes halogenated alkanes) is 4. The van der Waals surface area contributed by atoms with Gasteiger partial charge in [0.1, 0.15) is 0 Å². The molecular formula is C18H34O8. The van der Waals surface area contributed by atoms with Gasteiger partial charge in [0.25, 0.3) is 0 Å². The van der Waals surface area contributed by atoms with E-state index < -0.39 is 24.1 Å². The maximum Gasteiger partial charge on any atom is 0.338 e. The third-order valence-electron chi connectivity index (χ3n) is 3.80. The highest BCUT2D eigenvalue weighted by atomic mass is 16.6. The van der Waals surface area contributed by atoms with E-state index in [4.69, 9.17) is 19.7 Å². The molecule has 0 aromatic rings. The summed E-state index contributed by atoms with van der Waals surface area (Å²) in [5.74, 6) is -2.14. The lowest BCUT2D eigenvalue weighted by Crippen LogP contribution is -2.41. The number of hydrogen-bond acceptors (Lipinski definition) is 8. The first-order chi connectivity index (χ1) is 12.3. The zero-order valence-electron chi connectivity index (χ0n) is 15.8. The van der Waals surface area contributed by atoms with E-state index >= 15 is 0 Å². The number of aliphatic hydroxyl groups is 4. The van der Waals surface area contributed by atoms with Crippen molar-refractivity contribution in [3.05, 3.63) is 0 Å². The van der Waals surface area contributed by atoms with E-state index in [1.165, 1.54) is 0 Å². The average molecular weight is 378 g/mol. The number of rotatable bonds is 15.